The zero-order valence-corrected chi connectivity index (χ0v) is 63.7. The van der Waals surface area contributed by atoms with E-state index in [1.807, 2.05) is 30.3 Å². The van der Waals surface area contributed by atoms with Crippen LogP contribution in [0.1, 0.15) is 73.6 Å². The van der Waals surface area contributed by atoms with Crippen LogP contribution in [0, 0.1) is 11.3 Å². The van der Waals surface area contributed by atoms with Crippen molar-refractivity contribution in [3.63, 3.8) is 0 Å². The summed E-state index contributed by atoms with van der Waals surface area (Å²) >= 11 is 0. The van der Waals surface area contributed by atoms with E-state index in [1.54, 1.807) is 36.8 Å². The summed E-state index contributed by atoms with van der Waals surface area (Å²) in [6.45, 7) is 11.1. The van der Waals surface area contributed by atoms with E-state index in [9.17, 15) is 42.8 Å². The van der Waals surface area contributed by atoms with Gasteiger partial charge in [-0.25, -0.2) is 13.8 Å². The Kier molecular flexibility index (Phi) is 45.1. The third kappa shape index (κ3) is 37.6. The van der Waals surface area contributed by atoms with Gasteiger partial charge in [-0.1, -0.05) is 47.1 Å². The van der Waals surface area contributed by atoms with Gasteiger partial charge >= 0.3 is 5.97 Å². The van der Waals surface area contributed by atoms with Crippen LogP contribution in [-0.4, -0.2) is 275 Å². The van der Waals surface area contributed by atoms with Crippen LogP contribution >= 0.6 is 21.6 Å². The summed E-state index contributed by atoms with van der Waals surface area (Å²) in [5.41, 5.74) is 11.7. The van der Waals surface area contributed by atoms with Gasteiger partial charge in [0, 0.05) is 97.2 Å². The van der Waals surface area contributed by atoms with Crippen LogP contribution < -0.4 is 31.7 Å². The molecule has 0 bridgehead atoms. The van der Waals surface area contributed by atoms with Crippen molar-refractivity contribution in [1.29, 1.82) is 5.26 Å². The molecular formula is C74H103F2N11O20S2. The van der Waals surface area contributed by atoms with Crippen molar-refractivity contribution in [2.45, 2.75) is 83.0 Å². The largest absolute Gasteiger partial charge is 0.480 e. The number of nitrogens with zero attached hydrogens (tertiary/aromatic N) is 6. The average Bonchev–Trinajstić information content (AvgIpc) is 0.995. The molecule has 35 heteroatoms. The Labute approximate surface area is 642 Å². The second-order valence-corrected chi connectivity index (χ2v) is 26.8. The first-order chi connectivity index (χ1) is 53.2. The number of nitrogen functional groups attached to an aromatic ring is 1. The number of hydrogen-bond donors (Lipinski definition) is 5. The molecule has 600 valence electrons. The van der Waals surface area contributed by atoms with Gasteiger partial charge in [-0.05, 0) is 66.4 Å². The molecular weight excluding hydrogens is 1470 g/mol. The molecule has 5 heterocycles. The Morgan fingerprint density at radius 2 is 1.17 bits per heavy atom. The van der Waals surface area contributed by atoms with E-state index < -0.39 is 73.0 Å². The highest BCUT2D eigenvalue weighted by Crippen LogP contribution is 2.34. The molecule has 5 amide bonds. The highest BCUT2D eigenvalue weighted by Gasteiger charge is 2.47. The molecule has 31 nitrogen and oxygen atoms in total. The third-order valence-corrected chi connectivity index (χ3v) is 18.3. The maximum Gasteiger partial charge on any atom is 0.306 e. The number of fused-ring (bicyclic) bond motifs is 1. The minimum Gasteiger partial charge on any atom is -0.480 e. The van der Waals surface area contributed by atoms with Crippen LogP contribution in [0.2, 0.25) is 0 Å². The molecule has 6 rings (SSSR count). The van der Waals surface area contributed by atoms with E-state index in [2.05, 4.69) is 48.1 Å². The van der Waals surface area contributed by atoms with Crippen molar-refractivity contribution in [2.75, 3.05) is 203 Å². The van der Waals surface area contributed by atoms with E-state index >= 15 is 0 Å². The van der Waals surface area contributed by atoms with Gasteiger partial charge in [-0.15, -0.1) is 0 Å². The van der Waals surface area contributed by atoms with Gasteiger partial charge in [0.05, 0.1) is 207 Å². The molecule has 2 atom stereocenters. The first-order valence-corrected chi connectivity index (χ1v) is 38.8. The second-order valence-electron chi connectivity index (χ2n) is 24.2. The molecule has 0 spiro atoms. The van der Waals surface area contributed by atoms with Crippen LogP contribution in [0.15, 0.2) is 79.4 Å². The molecule has 1 saturated heterocycles. The summed E-state index contributed by atoms with van der Waals surface area (Å²) in [6, 6.07) is 15.4. The number of methoxy groups -OCH3 is 1. The average molecular weight is 1570 g/mol. The van der Waals surface area contributed by atoms with Crippen molar-refractivity contribution >= 4 is 73.7 Å². The fourth-order valence-electron chi connectivity index (χ4n) is 10.1. The number of nitrogens with one attached hydrogen (secondary N) is 4. The number of carbonyl (C=O) groups excluding carboxylic acids is 6. The van der Waals surface area contributed by atoms with Crippen LogP contribution in [0.4, 0.5) is 14.5 Å². The maximum atomic E-state index is 13.9. The lowest BCUT2D eigenvalue weighted by Gasteiger charge is -2.19. The Morgan fingerprint density at radius 3 is 1.72 bits per heavy atom. The molecule has 1 fully saturated rings. The summed E-state index contributed by atoms with van der Waals surface area (Å²) in [7, 11) is 4.23. The lowest BCUT2D eigenvalue weighted by atomic mass is 9.98. The van der Waals surface area contributed by atoms with Gasteiger partial charge in [0.25, 0.3) is 11.8 Å². The quantitative estimate of drug-likeness (QED) is 0.0176. The van der Waals surface area contributed by atoms with Gasteiger partial charge in [0.1, 0.15) is 18.7 Å². The van der Waals surface area contributed by atoms with Crippen LogP contribution in [0.3, 0.4) is 0 Å². The first kappa shape index (κ1) is 90.0. The predicted molar refractivity (Wildman–Crippen MR) is 401 cm³/mol. The molecule has 1 aliphatic rings. The Hall–Kier alpha value is -7.93. The van der Waals surface area contributed by atoms with E-state index in [4.69, 9.17) is 72.0 Å². The number of aromatic nitrogens is 4. The number of anilines is 1. The highest BCUT2D eigenvalue weighted by atomic mass is 33.1. The molecule has 1 aliphatic heterocycles. The van der Waals surface area contributed by atoms with Crippen molar-refractivity contribution in [1.82, 2.24) is 46.1 Å². The molecule has 6 N–H and O–H groups in total. The Balaban J connectivity index is 0.799. The number of halogens is 2. The Morgan fingerprint density at radius 1 is 0.606 bits per heavy atom. The number of rotatable bonds is 61. The van der Waals surface area contributed by atoms with Crippen molar-refractivity contribution < 1.29 is 104 Å². The van der Waals surface area contributed by atoms with Gasteiger partial charge in [-0.2, -0.15) is 5.26 Å². The number of amides is 5. The number of likely N-dealkylation sites (tertiary alicyclic amines) is 1. The van der Waals surface area contributed by atoms with E-state index in [0.717, 1.165) is 57.5 Å². The Bertz CT molecular complexity index is 3520. The zero-order chi connectivity index (χ0) is 77.8. The number of unbranched alkanes of at least 4 members (excludes halogenated alkanes) is 1. The fourth-order valence-corrected chi connectivity index (χ4v) is 12.3. The fraction of sp³-hybridized carbons (Fsp3) is 0.581. The number of benzene rings is 1. The lowest BCUT2D eigenvalue weighted by molar-refractivity contribution is -0.145. The summed E-state index contributed by atoms with van der Waals surface area (Å²) in [5.74, 6) is -5.78. The summed E-state index contributed by atoms with van der Waals surface area (Å²) in [4.78, 5) is 96.4. The number of nitriles is 1. The lowest BCUT2D eigenvalue weighted by Crippen LogP contribution is -2.49. The van der Waals surface area contributed by atoms with Crippen molar-refractivity contribution in [3.05, 3.63) is 96.3 Å². The minimum absolute atomic E-state index is 0.0298. The van der Waals surface area contributed by atoms with Crippen molar-refractivity contribution in [2.24, 2.45) is 0 Å². The monoisotopic (exact) mass is 1570 g/mol. The first-order valence-electron chi connectivity index (χ1n) is 36.3. The molecule has 4 aromatic heterocycles. The van der Waals surface area contributed by atoms with Crippen LogP contribution in [0.5, 0.6) is 5.88 Å². The molecule has 1 unspecified atom stereocenters. The SMILES string of the molecule is CCCCOCCOCCOCCOCCOCCOCCOCCOCCOCCOCCOCCOCCNC(=O)C(CSSCCCC(=O)OCc1ccc(-c2ccnc3ccc(-c4cnc(OC)c(N)c4)cc23)cn1)NC(=O)CCC(=O)NCc1cc(C(=O)NCC(=O)N2CC(F)(F)C[C@H]2C#N)ccn1. The predicted octanol–water partition coefficient (Wildman–Crippen LogP) is 5.74. The normalized spacial score (nSPS) is 13.4. The molecule has 1 aromatic carbocycles. The smallest absolute Gasteiger partial charge is 0.306 e. The van der Waals surface area contributed by atoms with E-state index in [1.165, 1.54) is 47.0 Å². The summed E-state index contributed by atoms with van der Waals surface area (Å²) in [6.07, 6.45) is 7.89. The maximum absolute atomic E-state index is 13.9. The van der Waals surface area contributed by atoms with Gasteiger partial charge < -0.3 is 98.2 Å². The number of pyridine rings is 4. The minimum atomic E-state index is -3.21. The van der Waals surface area contributed by atoms with Gasteiger partial charge in [0.15, 0.2) is 0 Å². The summed E-state index contributed by atoms with van der Waals surface area (Å²) < 4.78 is 105. The highest BCUT2D eigenvalue weighted by molar-refractivity contribution is 8.76. The number of esters is 1. The summed E-state index contributed by atoms with van der Waals surface area (Å²) in [5, 5.41) is 20.6. The zero-order valence-electron chi connectivity index (χ0n) is 62.0. The number of carbonyl (C=O) groups is 6. The van der Waals surface area contributed by atoms with Gasteiger partial charge in [-0.3, -0.25) is 43.7 Å². The topological polar surface area (TPSA) is 384 Å². The molecule has 109 heavy (non-hydrogen) atoms. The van der Waals surface area contributed by atoms with E-state index in [0.29, 0.717) is 162 Å². The standard InChI is InChI=1S/C74H103F2N11O20S2/c1-3-4-18-95-20-22-97-24-26-99-28-30-101-32-34-103-36-38-105-40-41-106-39-37-104-35-33-102-31-29-100-27-25-98-23-21-96-19-17-81-72(93)66(86-68(89)12-11-67(88)83-50-60-43-56(13-15-79-60)71(92)84-51-69(90)87-54-74(75,76)46-61(87)47-77)53-109-108-42-5-6-70(91)107-52-59-9-7-57(48-82-59)62-14-16-80-65-10-8-55(44-63(62)65)58-45-64(78)73(94-2)85-49-58/h7-10,13-16,43-45,48-49,61,66H,3-6,11-12,17-42,46,50-54,78H2,1-2H3,(H,81,93)(H,83,88)(H,84,92)(H,86,89)/t61-,66?/m0/s1. The van der Waals surface area contributed by atoms with E-state index in [-0.39, 0.29) is 75.8 Å². The second kappa shape index (κ2) is 54.6. The van der Waals surface area contributed by atoms with Crippen molar-refractivity contribution in [3.8, 4) is 34.2 Å². The number of nitrogens with two attached hydrogens (primary N) is 1. The molecule has 5 aromatic rings. The number of alkyl halides is 2. The molecule has 0 aliphatic carbocycles. The molecule has 0 saturated carbocycles. The third-order valence-electron chi connectivity index (χ3n) is 15.8. The van der Waals surface area contributed by atoms with Crippen LogP contribution in [0.25, 0.3) is 33.2 Å². The van der Waals surface area contributed by atoms with Gasteiger partial charge in [0.2, 0.25) is 29.5 Å². The van der Waals surface area contributed by atoms with Crippen LogP contribution in [-0.2, 0) is 98.7 Å². The number of hydrogen-bond acceptors (Lipinski definition) is 28. The number of ether oxygens (including phenoxy) is 14. The molecule has 0 radical (unpaired) electrons.